The zero-order chi connectivity index (χ0) is 12.1. The molecule has 0 aliphatic rings. The number of rotatable bonds is 4. The maximum atomic E-state index is 11.7. The van der Waals surface area contributed by atoms with Gasteiger partial charge in [0.05, 0.1) is 24.8 Å². The summed E-state index contributed by atoms with van der Waals surface area (Å²) in [5.74, 6) is -0.394. The van der Waals surface area contributed by atoms with Gasteiger partial charge < -0.3 is 21.3 Å². The van der Waals surface area contributed by atoms with Gasteiger partial charge in [0.15, 0.2) is 0 Å². The van der Waals surface area contributed by atoms with Crippen LogP contribution in [-0.4, -0.2) is 35.4 Å². The lowest BCUT2D eigenvalue weighted by Gasteiger charge is -2.14. The Morgan fingerprint density at radius 3 is 2.62 bits per heavy atom. The van der Waals surface area contributed by atoms with E-state index in [9.17, 15) is 4.79 Å². The number of benzene rings is 1. The van der Waals surface area contributed by atoms with Crippen LogP contribution in [0.4, 0.5) is 5.69 Å². The summed E-state index contributed by atoms with van der Waals surface area (Å²) >= 11 is 0. The minimum Gasteiger partial charge on any atom is -0.398 e. The highest BCUT2D eigenvalue weighted by atomic mass is 16.3. The summed E-state index contributed by atoms with van der Waals surface area (Å²) in [5, 5.41) is 20.2. The quantitative estimate of drug-likeness (QED) is 0.526. The first-order valence-electron chi connectivity index (χ1n) is 4.97. The molecule has 0 unspecified atom stereocenters. The number of nitrogens with two attached hydrogens (primary N) is 1. The van der Waals surface area contributed by atoms with Crippen LogP contribution in [0.3, 0.4) is 0 Å². The van der Waals surface area contributed by atoms with Crippen molar-refractivity contribution in [2.24, 2.45) is 0 Å². The summed E-state index contributed by atoms with van der Waals surface area (Å²) in [7, 11) is 0. The van der Waals surface area contributed by atoms with Crippen LogP contribution in [0.1, 0.15) is 15.9 Å². The van der Waals surface area contributed by atoms with Crippen LogP contribution in [0.15, 0.2) is 18.2 Å². The predicted octanol–water partition coefficient (Wildman–Crippen LogP) is -0.340. The summed E-state index contributed by atoms with van der Waals surface area (Å²) in [6.07, 6.45) is 0. The molecule has 0 aliphatic heterocycles. The van der Waals surface area contributed by atoms with Crippen LogP contribution in [0.25, 0.3) is 0 Å². The van der Waals surface area contributed by atoms with E-state index in [4.69, 9.17) is 15.9 Å². The molecule has 1 aromatic rings. The van der Waals surface area contributed by atoms with Crippen LogP contribution in [-0.2, 0) is 0 Å². The highest BCUT2D eigenvalue weighted by Gasteiger charge is 2.14. The van der Waals surface area contributed by atoms with Crippen molar-refractivity contribution in [3.63, 3.8) is 0 Å². The average Bonchev–Trinajstić information content (AvgIpc) is 2.28. The molecule has 0 heterocycles. The standard InChI is InChI=1S/C11H16N2O3/c1-7-2-3-10(12)9(4-7)11(16)13-8(5-14)6-15/h2-4,8,14-15H,5-6,12H2,1H3,(H,13,16). The first kappa shape index (κ1) is 12.5. The number of carbonyl (C=O) groups excluding carboxylic acids is 1. The lowest BCUT2D eigenvalue weighted by atomic mass is 10.1. The molecule has 1 rings (SSSR count). The fourth-order valence-corrected chi connectivity index (χ4v) is 1.28. The molecule has 5 heteroatoms. The second-order valence-corrected chi connectivity index (χ2v) is 3.63. The molecule has 0 aromatic heterocycles. The molecule has 1 aromatic carbocycles. The van der Waals surface area contributed by atoms with Gasteiger partial charge >= 0.3 is 0 Å². The minimum absolute atomic E-state index is 0.312. The molecule has 88 valence electrons. The highest BCUT2D eigenvalue weighted by molar-refractivity contribution is 5.99. The van der Waals surface area contributed by atoms with Gasteiger partial charge in [0.25, 0.3) is 5.91 Å². The van der Waals surface area contributed by atoms with Crippen LogP contribution < -0.4 is 11.1 Å². The summed E-state index contributed by atoms with van der Waals surface area (Å²) < 4.78 is 0. The Morgan fingerprint density at radius 1 is 1.44 bits per heavy atom. The molecule has 0 saturated heterocycles. The van der Waals surface area contributed by atoms with Crippen molar-refractivity contribution in [2.45, 2.75) is 13.0 Å². The van der Waals surface area contributed by atoms with Crippen molar-refractivity contribution >= 4 is 11.6 Å². The molecule has 0 bridgehead atoms. The third-order valence-electron chi connectivity index (χ3n) is 2.23. The first-order chi connectivity index (χ1) is 7.58. The maximum absolute atomic E-state index is 11.7. The Morgan fingerprint density at radius 2 is 2.06 bits per heavy atom. The molecule has 16 heavy (non-hydrogen) atoms. The second-order valence-electron chi connectivity index (χ2n) is 3.63. The number of anilines is 1. The van der Waals surface area contributed by atoms with Crippen LogP contribution in [0, 0.1) is 6.92 Å². The third kappa shape index (κ3) is 2.95. The van der Waals surface area contributed by atoms with Gasteiger partial charge in [-0.05, 0) is 19.1 Å². The van der Waals surface area contributed by atoms with Crippen LogP contribution >= 0.6 is 0 Å². The number of aliphatic hydroxyl groups excluding tert-OH is 2. The monoisotopic (exact) mass is 224 g/mol. The van der Waals surface area contributed by atoms with Crippen molar-refractivity contribution in [2.75, 3.05) is 18.9 Å². The average molecular weight is 224 g/mol. The Labute approximate surface area is 93.9 Å². The van der Waals surface area contributed by atoms with E-state index < -0.39 is 11.9 Å². The number of hydrogen-bond donors (Lipinski definition) is 4. The van der Waals surface area contributed by atoms with E-state index in [1.807, 2.05) is 13.0 Å². The van der Waals surface area contributed by atoms with E-state index in [1.165, 1.54) is 0 Å². The van der Waals surface area contributed by atoms with E-state index in [-0.39, 0.29) is 13.2 Å². The topological polar surface area (TPSA) is 95.6 Å². The Balaban J connectivity index is 2.83. The van der Waals surface area contributed by atoms with Gasteiger partial charge in [-0.15, -0.1) is 0 Å². The van der Waals surface area contributed by atoms with Crippen molar-refractivity contribution < 1.29 is 15.0 Å². The number of amides is 1. The number of hydrogen-bond acceptors (Lipinski definition) is 4. The van der Waals surface area contributed by atoms with Crippen LogP contribution in [0.5, 0.6) is 0 Å². The highest BCUT2D eigenvalue weighted by Crippen LogP contribution is 2.13. The summed E-state index contributed by atoms with van der Waals surface area (Å²) in [5.41, 5.74) is 7.31. The van der Waals surface area contributed by atoms with Crippen LogP contribution in [0.2, 0.25) is 0 Å². The van der Waals surface area contributed by atoms with Crippen molar-refractivity contribution in [3.05, 3.63) is 29.3 Å². The normalized spacial score (nSPS) is 10.5. The van der Waals surface area contributed by atoms with Gasteiger partial charge in [0.1, 0.15) is 0 Å². The molecule has 0 fully saturated rings. The molecule has 0 spiro atoms. The van der Waals surface area contributed by atoms with Gasteiger partial charge in [-0.1, -0.05) is 11.6 Å². The first-order valence-corrected chi connectivity index (χ1v) is 4.97. The molecule has 0 saturated carbocycles. The fourth-order valence-electron chi connectivity index (χ4n) is 1.28. The lowest BCUT2D eigenvalue weighted by Crippen LogP contribution is -2.40. The summed E-state index contributed by atoms with van der Waals surface area (Å²) in [6, 6.07) is 4.46. The van der Waals surface area contributed by atoms with Gasteiger partial charge in [0, 0.05) is 5.69 Å². The van der Waals surface area contributed by atoms with Gasteiger partial charge in [-0.3, -0.25) is 4.79 Å². The SMILES string of the molecule is Cc1ccc(N)c(C(=O)NC(CO)CO)c1. The van der Waals surface area contributed by atoms with Crippen molar-refractivity contribution in [3.8, 4) is 0 Å². The lowest BCUT2D eigenvalue weighted by molar-refractivity contribution is 0.0880. The summed E-state index contributed by atoms with van der Waals surface area (Å²) in [4.78, 5) is 11.7. The molecule has 0 aliphatic carbocycles. The number of carbonyl (C=O) groups is 1. The maximum Gasteiger partial charge on any atom is 0.253 e. The number of aliphatic hydroxyl groups is 2. The van der Waals surface area contributed by atoms with E-state index in [0.29, 0.717) is 11.3 Å². The number of aryl methyl sites for hydroxylation is 1. The zero-order valence-corrected chi connectivity index (χ0v) is 9.10. The van der Waals surface area contributed by atoms with Crippen molar-refractivity contribution in [1.29, 1.82) is 0 Å². The van der Waals surface area contributed by atoms with E-state index in [2.05, 4.69) is 5.32 Å². The molecule has 5 nitrogen and oxygen atoms in total. The minimum atomic E-state index is -0.660. The van der Waals surface area contributed by atoms with Crippen molar-refractivity contribution in [1.82, 2.24) is 5.32 Å². The predicted molar refractivity (Wildman–Crippen MR) is 61.0 cm³/mol. The molecule has 1 amide bonds. The van der Waals surface area contributed by atoms with Gasteiger partial charge in [0.2, 0.25) is 0 Å². The smallest absolute Gasteiger partial charge is 0.253 e. The second kappa shape index (κ2) is 5.48. The molecule has 0 atom stereocenters. The Bertz CT molecular complexity index is 375. The summed E-state index contributed by atoms with van der Waals surface area (Å²) in [6.45, 7) is 1.23. The van der Waals surface area contributed by atoms with E-state index in [0.717, 1.165) is 5.56 Å². The fraction of sp³-hybridized carbons (Fsp3) is 0.364. The number of nitrogens with one attached hydrogen (secondary N) is 1. The number of nitrogen functional groups attached to an aromatic ring is 1. The largest absolute Gasteiger partial charge is 0.398 e. The van der Waals surface area contributed by atoms with E-state index >= 15 is 0 Å². The Hall–Kier alpha value is -1.59. The van der Waals surface area contributed by atoms with Gasteiger partial charge in [-0.2, -0.15) is 0 Å². The molecule has 5 N–H and O–H groups in total. The molecular weight excluding hydrogens is 208 g/mol. The Kier molecular flexibility index (Phi) is 4.28. The third-order valence-corrected chi connectivity index (χ3v) is 2.23. The van der Waals surface area contributed by atoms with E-state index in [1.54, 1.807) is 12.1 Å². The molecular formula is C11H16N2O3. The van der Waals surface area contributed by atoms with Gasteiger partial charge in [-0.25, -0.2) is 0 Å². The molecule has 0 radical (unpaired) electrons. The zero-order valence-electron chi connectivity index (χ0n) is 9.10.